The first-order valence-corrected chi connectivity index (χ1v) is 5.16. The second kappa shape index (κ2) is 4.65. The van der Waals surface area contributed by atoms with Crippen LogP contribution in [0.15, 0.2) is 24.3 Å². The molecule has 1 aromatic heterocycles. The number of aromatic amines is 1. The Morgan fingerprint density at radius 1 is 1.44 bits per heavy atom. The van der Waals surface area contributed by atoms with Gasteiger partial charge in [0.1, 0.15) is 0 Å². The molecule has 5 heteroatoms. The van der Waals surface area contributed by atoms with Gasteiger partial charge >= 0.3 is 5.97 Å². The van der Waals surface area contributed by atoms with E-state index in [1.807, 2.05) is 24.3 Å². The third-order valence-electron chi connectivity index (χ3n) is 2.25. The Kier molecular flexibility index (Phi) is 3.05. The molecule has 1 aromatic carbocycles. The number of carboxylic acid groups (broad SMARTS) is 1. The number of fused-ring (bicyclic) bond motifs is 1. The normalized spacial score (nSPS) is 10.5. The van der Waals surface area contributed by atoms with Crippen LogP contribution in [0.4, 0.5) is 5.95 Å². The number of benzene rings is 1. The highest BCUT2D eigenvalue weighted by atomic mass is 16.4. The Labute approximate surface area is 92.5 Å². The predicted octanol–water partition coefficient (Wildman–Crippen LogP) is 1.84. The Morgan fingerprint density at radius 3 is 3.00 bits per heavy atom. The van der Waals surface area contributed by atoms with Crippen LogP contribution in [0.2, 0.25) is 0 Å². The van der Waals surface area contributed by atoms with Crippen molar-refractivity contribution < 1.29 is 9.90 Å². The van der Waals surface area contributed by atoms with E-state index >= 15 is 0 Å². The number of para-hydroxylation sites is 2. The Hall–Kier alpha value is -2.04. The Bertz CT molecular complexity index is 460. The molecule has 0 saturated heterocycles. The standard InChI is InChI=1S/C11H13N3O2/c15-10(16)6-3-7-12-11-13-8-4-1-2-5-9(8)14-11/h1-2,4-5H,3,6-7H2,(H,15,16)(H2,12,13,14). The molecule has 1 heterocycles. The monoisotopic (exact) mass is 219 g/mol. The molecule has 3 N–H and O–H groups in total. The Balaban J connectivity index is 1.92. The van der Waals surface area contributed by atoms with Gasteiger partial charge in [0.05, 0.1) is 11.0 Å². The van der Waals surface area contributed by atoms with E-state index in [0.717, 1.165) is 11.0 Å². The lowest BCUT2D eigenvalue weighted by atomic mass is 10.3. The summed E-state index contributed by atoms with van der Waals surface area (Å²) in [7, 11) is 0. The summed E-state index contributed by atoms with van der Waals surface area (Å²) in [5, 5.41) is 11.5. The van der Waals surface area contributed by atoms with Gasteiger partial charge in [0.15, 0.2) is 0 Å². The van der Waals surface area contributed by atoms with Gasteiger partial charge in [-0.2, -0.15) is 0 Å². The second-order valence-corrected chi connectivity index (χ2v) is 3.53. The van der Waals surface area contributed by atoms with Gasteiger partial charge in [0.2, 0.25) is 5.95 Å². The fourth-order valence-corrected chi connectivity index (χ4v) is 1.48. The molecule has 0 spiro atoms. The van der Waals surface area contributed by atoms with Gasteiger partial charge in [-0.05, 0) is 18.6 Å². The lowest BCUT2D eigenvalue weighted by Crippen LogP contribution is -2.05. The molecule has 0 amide bonds. The molecule has 0 bridgehead atoms. The van der Waals surface area contributed by atoms with Crippen molar-refractivity contribution >= 4 is 23.0 Å². The fraction of sp³-hybridized carbons (Fsp3) is 0.273. The van der Waals surface area contributed by atoms with E-state index in [4.69, 9.17) is 5.11 Å². The molecule has 0 fully saturated rings. The molecule has 0 atom stereocenters. The van der Waals surface area contributed by atoms with Crippen molar-refractivity contribution in [2.45, 2.75) is 12.8 Å². The van der Waals surface area contributed by atoms with Crippen molar-refractivity contribution in [3.05, 3.63) is 24.3 Å². The molecule has 2 rings (SSSR count). The minimum Gasteiger partial charge on any atom is -0.481 e. The van der Waals surface area contributed by atoms with E-state index in [2.05, 4.69) is 15.3 Å². The molecule has 0 aliphatic rings. The fourth-order valence-electron chi connectivity index (χ4n) is 1.48. The number of aromatic nitrogens is 2. The number of imidazole rings is 1. The lowest BCUT2D eigenvalue weighted by Gasteiger charge is -1.99. The number of nitrogens with zero attached hydrogens (tertiary/aromatic N) is 1. The number of nitrogens with one attached hydrogen (secondary N) is 2. The quantitative estimate of drug-likeness (QED) is 0.670. The van der Waals surface area contributed by atoms with E-state index in [-0.39, 0.29) is 6.42 Å². The van der Waals surface area contributed by atoms with Crippen molar-refractivity contribution in [1.29, 1.82) is 0 Å². The highest BCUT2D eigenvalue weighted by molar-refractivity contribution is 5.77. The Morgan fingerprint density at radius 2 is 2.25 bits per heavy atom. The number of rotatable bonds is 5. The molecule has 16 heavy (non-hydrogen) atoms. The van der Waals surface area contributed by atoms with E-state index in [9.17, 15) is 4.79 Å². The van der Waals surface area contributed by atoms with Crippen molar-refractivity contribution in [3.63, 3.8) is 0 Å². The maximum atomic E-state index is 10.3. The molecule has 0 saturated carbocycles. The van der Waals surface area contributed by atoms with E-state index in [0.29, 0.717) is 18.9 Å². The third-order valence-corrected chi connectivity index (χ3v) is 2.25. The highest BCUT2D eigenvalue weighted by Crippen LogP contribution is 2.12. The third kappa shape index (κ3) is 2.50. The van der Waals surface area contributed by atoms with Crippen LogP contribution in [0.5, 0.6) is 0 Å². The summed E-state index contributed by atoms with van der Waals surface area (Å²) in [6, 6.07) is 7.74. The smallest absolute Gasteiger partial charge is 0.303 e. The van der Waals surface area contributed by atoms with Gasteiger partial charge in [0.25, 0.3) is 0 Å². The molecule has 0 aliphatic heterocycles. The number of carboxylic acids is 1. The van der Waals surface area contributed by atoms with Gasteiger partial charge in [-0.15, -0.1) is 0 Å². The number of anilines is 1. The summed E-state index contributed by atoms with van der Waals surface area (Å²) in [5.41, 5.74) is 1.88. The van der Waals surface area contributed by atoms with E-state index in [1.54, 1.807) is 0 Å². The van der Waals surface area contributed by atoms with E-state index < -0.39 is 5.97 Å². The molecular formula is C11H13N3O2. The van der Waals surface area contributed by atoms with Gasteiger partial charge < -0.3 is 15.4 Å². The summed E-state index contributed by atoms with van der Waals surface area (Å²) < 4.78 is 0. The zero-order valence-corrected chi connectivity index (χ0v) is 8.73. The maximum absolute atomic E-state index is 10.3. The zero-order valence-electron chi connectivity index (χ0n) is 8.73. The van der Waals surface area contributed by atoms with Gasteiger partial charge in [-0.25, -0.2) is 4.98 Å². The zero-order chi connectivity index (χ0) is 11.4. The molecule has 0 radical (unpaired) electrons. The maximum Gasteiger partial charge on any atom is 0.303 e. The van der Waals surface area contributed by atoms with Crippen LogP contribution in [0.25, 0.3) is 11.0 Å². The molecular weight excluding hydrogens is 206 g/mol. The number of H-pyrrole nitrogens is 1. The average molecular weight is 219 g/mol. The summed E-state index contributed by atoms with van der Waals surface area (Å²) in [6.45, 7) is 0.603. The minimum atomic E-state index is -0.772. The van der Waals surface area contributed by atoms with Gasteiger partial charge in [-0.3, -0.25) is 4.79 Å². The molecule has 2 aromatic rings. The topological polar surface area (TPSA) is 78.0 Å². The van der Waals surface area contributed by atoms with Crippen molar-refractivity contribution in [2.24, 2.45) is 0 Å². The van der Waals surface area contributed by atoms with Crippen LogP contribution in [-0.2, 0) is 4.79 Å². The van der Waals surface area contributed by atoms with E-state index in [1.165, 1.54) is 0 Å². The average Bonchev–Trinajstić information content (AvgIpc) is 2.66. The summed E-state index contributed by atoms with van der Waals surface area (Å²) in [6.07, 6.45) is 0.763. The SMILES string of the molecule is O=C(O)CCCNc1nc2ccccc2[nH]1. The second-order valence-electron chi connectivity index (χ2n) is 3.53. The van der Waals surface area contributed by atoms with Crippen LogP contribution in [-0.4, -0.2) is 27.6 Å². The highest BCUT2D eigenvalue weighted by Gasteiger charge is 2.01. The first-order valence-electron chi connectivity index (χ1n) is 5.16. The largest absolute Gasteiger partial charge is 0.481 e. The minimum absolute atomic E-state index is 0.174. The molecule has 84 valence electrons. The van der Waals surface area contributed by atoms with Gasteiger partial charge in [-0.1, -0.05) is 12.1 Å². The summed E-state index contributed by atoms with van der Waals surface area (Å²) in [4.78, 5) is 17.7. The van der Waals surface area contributed by atoms with Crippen molar-refractivity contribution in [3.8, 4) is 0 Å². The number of aliphatic carboxylic acids is 1. The van der Waals surface area contributed by atoms with Crippen LogP contribution in [0, 0.1) is 0 Å². The van der Waals surface area contributed by atoms with Gasteiger partial charge in [0, 0.05) is 13.0 Å². The van der Waals surface area contributed by atoms with Crippen LogP contribution in [0.3, 0.4) is 0 Å². The van der Waals surface area contributed by atoms with Crippen LogP contribution < -0.4 is 5.32 Å². The van der Waals surface area contributed by atoms with Crippen LogP contribution >= 0.6 is 0 Å². The summed E-state index contributed by atoms with van der Waals surface area (Å²) >= 11 is 0. The van der Waals surface area contributed by atoms with Crippen molar-refractivity contribution in [2.75, 3.05) is 11.9 Å². The predicted molar refractivity (Wildman–Crippen MR) is 61.5 cm³/mol. The number of hydrogen-bond donors (Lipinski definition) is 3. The molecule has 5 nitrogen and oxygen atoms in total. The summed E-state index contributed by atoms with van der Waals surface area (Å²) in [5.74, 6) is -0.0852. The number of hydrogen-bond acceptors (Lipinski definition) is 3. The first kappa shape index (κ1) is 10.5. The first-order chi connectivity index (χ1) is 7.75. The van der Waals surface area contributed by atoms with Crippen molar-refractivity contribution in [1.82, 2.24) is 9.97 Å². The number of carbonyl (C=O) groups is 1. The molecule has 0 unspecified atom stereocenters. The molecule has 0 aliphatic carbocycles. The van der Waals surface area contributed by atoms with Crippen LogP contribution in [0.1, 0.15) is 12.8 Å². The lowest BCUT2D eigenvalue weighted by molar-refractivity contribution is -0.137.